The van der Waals surface area contributed by atoms with E-state index in [4.69, 9.17) is 4.74 Å². The zero-order valence-electron chi connectivity index (χ0n) is 15.1. The van der Waals surface area contributed by atoms with E-state index in [9.17, 15) is 9.59 Å². The molecule has 0 saturated carbocycles. The van der Waals surface area contributed by atoms with Crippen molar-refractivity contribution < 1.29 is 14.3 Å². The normalized spacial score (nSPS) is 14.2. The fourth-order valence-corrected chi connectivity index (χ4v) is 2.99. The molecule has 0 bridgehead atoms. The standard InChI is InChI=1S/C18H23N5O3/c1-12-10-13(2)23-18(20-12)21-16(22-23)17(25)26-11-15(24)19-9-8-14-6-4-3-5-7-14/h6,10H,3-5,7-9,11H2,1-2H3,(H,19,24). The smallest absolute Gasteiger partial charge is 0.378 e. The molecule has 1 aliphatic carbocycles. The monoisotopic (exact) mass is 357 g/mol. The Kier molecular flexibility index (Phi) is 5.60. The summed E-state index contributed by atoms with van der Waals surface area (Å²) in [4.78, 5) is 32.2. The first-order chi connectivity index (χ1) is 12.5. The Morgan fingerprint density at radius 2 is 2.12 bits per heavy atom. The highest BCUT2D eigenvalue weighted by atomic mass is 16.5. The van der Waals surface area contributed by atoms with Crippen molar-refractivity contribution in [1.82, 2.24) is 24.9 Å². The summed E-state index contributed by atoms with van der Waals surface area (Å²) in [5.41, 5.74) is 2.99. The molecule has 1 amide bonds. The highest BCUT2D eigenvalue weighted by Crippen LogP contribution is 2.19. The Morgan fingerprint density at radius 3 is 2.88 bits per heavy atom. The summed E-state index contributed by atoms with van der Waals surface area (Å²) >= 11 is 0. The molecule has 0 spiro atoms. The van der Waals surface area contributed by atoms with Crippen LogP contribution in [-0.4, -0.2) is 44.6 Å². The maximum Gasteiger partial charge on any atom is 0.378 e. The third-order valence-electron chi connectivity index (χ3n) is 4.29. The van der Waals surface area contributed by atoms with Crippen molar-refractivity contribution in [3.05, 3.63) is 34.9 Å². The summed E-state index contributed by atoms with van der Waals surface area (Å²) in [5.74, 6) is -0.840. The van der Waals surface area contributed by atoms with Crippen LogP contribution < -0.4 is 5.32 Å². The van der Waals surface area contributed by atoms with Crippen molar-refractivity contribution in [3.8, 4) is 0 Å². The average Bonchev–Trinajstić information content (AvgIpc) is 3.05. The maximum atomic E-state index is 12.1. The lowest BCUT2D eigenvalue weighted by atomic mass is 9.97. The first-order valence-electron chi connectivity index (χ1n) is 8.85. The van der Waals surface area contributed by atoms with Gasteiger partial charge in [0, 0.05) is 17.9 Å². The molecule has 0 fully saturated rings. The van der Waals surface area contributed by atoms with E-state index in [2.05, 4.69) is 26.5 Å². The van der Waals surface area contributed by atoms with Crippen molar-refractivity contribution in [1.29, 1.82) is 0 Å². The number of fused-ring (bicyclic) bond motifs is 1. The van der Waals surface area contributed by atoms with E-state index in [1.54, 1.807) is 0 Å². The van der Waals surface area contributed by atoms with Gasteiger partial charge in [-0.2, -0.15) is 4.98 Å². The van der Waals surface area contributed by atoms with Gasteiger partial charge in [-0.1, -0.05) is 11.6 Å². The zero-order chi connectivity index (χ0) is 18.5. The van der Waals surface area contributed by atoms with Gasteiger partial charge in [0.05, 0.1) is 0 Å². The van der Waals surface area contributed by atoms with Crippen LogP contribution >= 0.6 is 0 Å². The van der Waals surface area contributed by atoms with Crippen molar-refractivity contribution in [2.75, 3.05) is 13.2 Å². The molecule has 3 rings (SSSR count). The van der Waals surface area contributed by atoms with Crippen LogP contribution in [0.4, 0.5) is 0 Å². The van der Waals surface area contributed by atoms with Crippen LogP contribution in [0.2, 0.25) is 0 Å². The number of aromatic nitrogens is 4. The summed E-state index contributed by atoms with van der Waals surface area (Å²) in [6.07, 6.45) is 7.80. The van der Waals surface area contributed by atoms with Gasteiger partial charge in [0.15, 0.2) is 6.61 Å². The van der Waals surface area contributed by atoms with E-state index in [1.807, 2.05) is 19.9 Å². The van der Waals surface area contributed by atoms with Gasteiger partial charge in [0.1, 0.15) is 0 Å². The molecule has 0 radical (unpaired) electrons. The molecule has 1 N–H and O–H groups in total. The lowest BCUT2D eigenvalue weighted by molar-refractivity contribution is -0.124. The van der Waals surface area contributed by atoms with Crippen LogP contribution in [0.5, 0.6) is 0 Å². The summed E-state index contributed by atoms with van der Waals surface area (Å²) in [6.45, 7) is 3.89. The Balaban J connectivity index is 1.48. The molecule has 0 aromatic carbocycles. The number of ether oxygens (including phenoxy) is 1. The minimum atomic E-state index is -0.738. The second-order valence-corrected chi connectivity index (χ2v) is 6.47. The molecule has 2 aromatic rings. The maximum absolute atomic E-state index is 12.1. The number of carbonyl (C=O) groups is 2. The third kappa shape index (κ3) is 4.44. The van der Waals surface area contributed by atoms with Crippen molar-refractivity contribution in [2.24, 2.45) is 0 Å². The third-order valence-corrected chi connectivity index (χ3v) is 4.29. The largest absolute Gasteiger partial charge is 0.450 e. The Morgan fingerprint density at radius 1 is 1.27 bits per heavy atom. The topological polar surface area (TPSA) is 98.5 Å². The summed E-state index contributed by atoms with van der Waals surface area (Å²) in [5, 5.41) is 6.85. The number of nitrogens with zero attached hydrogens (tertiary/aromatic N) is 4. The van der Waals surface area contributed by atoms with Crippen molar-refractivity contribution >= 4 is 17.7 Å². The lowest BCUT2D eigenvalue weighted by Gasteiger charge is -2.12. The number of nitrogens with one attached hydrogen (secondary N) is 1. The number of hydrogen-bond donors (Lipinski definition) is 1. The number of rotatable bonds is 6. The Hall–Kier alpha value is -2.77. The van der Waals surface area contributed by atoms with Gasteiger partial charge < -0.3 is 10.1 Å². The van der Waals surface area contributed by atoms with Crippen molar-refractivity contribution in [3.63, 3.8) is 0 Å². The van der Waals surface area contributed by atoms with Crippen LogP contribution in [0, 0.1) is 13.8 Å². The highest BCUT2D eigenvalue weighted by Gasteiger charge is 2.17. The molecule has 1 aliphatic rings. The first kappa shape index (κ1) is 18.0. The number of amides is 1. The van der Waals surface area contributed by atoms with E-state index >= 15 is 0 Å². The van der Waals surface area contributed by atoms with Gasteiger partial charge >= 0.3 is 5.97 Å². The molecule has 8 heteroatoms. The molecule has 0 saturated heterocycles. The van der Waals surface area contributed by atoms with Crippen LogP contribution in [0.25, 0.3) is 5.78 Å². The molecule has 2 heterocycles. The van der Waals surface area contributed by atoms with Crippen LogP contribution in [0.15, 0.2) is 17.7 Å². The molecule has 138 valence electrons. The minimum Gasteiger partial charge on any atom is -0.450 e. The zero-order valence-corrected chi connectivity index (χ0v) is 15.1. The van der Waals surface area contributed by atoms with E-state index < -0.39 is 5.97 Å². The van der Waals surface area contributed by atoms with Crippen LogP contribution in [0.3, 0.4) is 0 Å². The summed E-state index contributed by atoms with van der Waals surface area (Å²) in [7, 11) is 0. The quantitative estimate of drug-likeness (QED) is 0.626. The Labute approximate surface area is 151 Å². The van der Waals surface area contributed by atoms with Crippen molar-refractivity contribution in [2.45, 2.75) is 46.0 Å². The predicted octanol–water partition coefficient (Wildman–Crippen LogP) is 1.90. The van der Waals surface area contributed by atoms with Gasteiger partial charge in [0.25, 0.3) is 17.5 Å². The second-order valence-electron chi connectivity index (χ2n) is 6.47. The van der Waals surface area contributed by atoms with Gasteiger partial charge in [0.2, 0.25) is 0 Å². The number of aryl methyl sites for hydroxylation is 2. The molecule has 2 aromatic heterocycles. The minimum absolute atomic E-state index is 0.105. The summed E-state index contributed by atoms with van der Waals surface area (Å²) in [6, 6.07) is 1.84. The van der Waals surface area contributed by atoms with E-state index in [1.165, 1.54) is 22.9 Å². The molecule has 8 nitrogen and oxygen atoms in total. The molecule has 0 aliphatic heterocycles. The SMILES string of the molecule is Cc1cc(C)n2nc(C(=O)OCC(=O)NCCC3=CCCCC3)nc2n1. The molecule has 0 unspecified atom stereocenters. The van der Waals surface area contributed by atoms with E-state index in [0.717, 1.165) is 30.7 Å². The second kappa shape index (κ2) is 8.07. The number of carbonyl (C=O) groups excluding carboxylic acids is 2. The molecular weight excluding hydrogens is 334 g/mol. The van der Waals surface area contributed by atoms with Gasteiger partial charge in [-0.3, -0.25) is 4.79 Å². The highest BCUT2D eigenvalue weighted by molar-refractivity contribution is 5.88. The first-order valence-corrected chi connectivity index (χ1v) is 8.85. The summed E-state index contributed by atoms with van der Waals surface area (Å²) < 4.78 is 6.47. The number of hydrogen-bond acceptors (Lipinski definition) is 6. The average molecular weight is 357 g/mol. The predicted molar refractivity (Wildman–Crippen MR) is 94.7 cm³/mol. The lowest BCUT2D eigenvalue weighted by Crippen LogP contribution is -2.30. The van der Waals surface area contributed by atoms with Gasteiger partial charge in [-0.05, 0) is 52.0 Å². The van der Waals surface area contributed by atoms with Crippen LogP contribution in [0.1, 0.15) is 54.1 Å². The fraction of sp³-hybridized carbons (Fsp3) is 0.500. The number of allylic oxidation sites excluding steroid dienone is 1. The molecule has 26 heavy (non-hydrogen) atoms. The Bertz CT molecular complexity index is 856. The van der Waals surface area contributed by atoms with Gasteiger partial charge in [-0.25, -0.2) is 14.3 Å². The molecule has 0 atom stereocenters. The number of esters is 1. The van der Waals surface area contributed by atoms with Crippen LogP contribution in [-0.2, 0) is 9.53 Å². The van der Waals surface area contributed by atoms with Gasteiger partial charge in [-0.15, -0.1) is 5.10 Å². The van der Waals surface area contributed by atoms with E-state index in [-0.39, 0.29) is 18.3 Å². The fourth-order valence-electron chi connectivity index (χ4n) is 2.99. The van der Waals surface area contributed by atoms with E-state index in [0.29, 0.717) is 12.3 Å². The molecular formula is C18H23N5O3.